The number of pyridine rings is 4. The largest absolute Gasteiger partial charge is 0.307 e. The predicted molar refractivity (Wildman–Crippen MR) is 173 cm³/mol. The van der Waals surface area contributed by atoms with Crippen molar-refractivity contribution in [3.63, 3.8) is 0 Å². The summed E-state index contributed by atoms with van der Waals surface area (Å²) in [5, 5.41) is 1.22. The van der Waals surface area contributed by atoms with Crippen molar-refractivity contribution in [1.29, 1.82) is 0 Å². The lowest BCUT2D eigenvalue weighted by atomic mass is 9.86. The van der Waals surface area contributed by atoms with Crippen molar-refractivity contribution in [2.45, 2.75) is 78.6 Å². The minimum Gasteiger partial charge on any atom is -0.307 e. The van der Waals surface area contributed by atoms with E-state index >= 15 is 0 Å². The van der Waals surface area contributed by atoms with Crippen molar-refractivity contribution in [2.24, 2.45) is 0 Å². The van der Waals surface area contributed by atoms with E-state index in [-0.39, 0.29) is 16.2 Å². The van der Waals surface area contributed by atoms with Gasteiger partial charge in [0.2, 0.25) is 0 Å². The molecule has 0 N–H and O–H groups in total. The maximum absolute atomic E-state index is 4.58. The van der Waals surface area contributed by atoms with Gasteiger partial charge in [-0.1, -0.05) is 80.5 Å². The second-order valence-electron chi connectivity index (χ2n) is 13.5. The number of hydrogen-bond donors (Lipinski definition) is 0. The van der Waals surface area contributed by atoms with Crippen LogP contribution in [0.25, 0.3) is 27.6 Å². The van der Waals surface area contributed by atoms with Crippen LogP contribution in [-0.2, 0) is 16.2 Å². The molecule has 6 aromatic rings. The number of nitrogens with zero attached hydrogens (tertiary/aromatic N) is 5. The molecule has 5 nitrogen and oxygen atoms in total. The third-order valence-corrected chi connectivity index (χ3v) is 6.95. The highest BCUT2D eigenvalue weighted by molar-refractivity contribution is 5.79. The van der Waals surface area contributed by atoms with E-state index in [1.165, 1.54) is 16.5 Å². The Hall–Kier alpha value is -4.12. The summed E-state index contributed by atoms with van der Waals surface area (Å²) in [4.78, 5) is 17.3. The number of benzene rings is 1. The van der Waals surface area contributed by atoms with Gasteiger partial charge < -0.3 is 4.40 Å². The average molecular weight is 546 g/mol. The van der Waals surface area contributed by atoms with E-state index in [1.54, 1.807) is 6.20 Å². The third-order valence-electron chi connectivity index (χ3n) is 6.95. The fraction of sp³-hybridized carbons (Fsp3) is 0.333. The van der Waals surface area contributed by atoms with Gasteiger partial charge in [0.05, 0.1) is 16.6 Å². The highest BCUT2D eigenvalue weighted by Crippen LogP contribution is 2.25. The first-order valence-corrected chi connectivity index (χ1v) is 14.2. The minimum atomic E-state index is 0.101. The molecule has 0 aliphatic carbocycles. The standard InChI is InChI=1S/C13H15N.C12H14N2.C11H14N2/c1-13(2,3)11-6-7-12-10(9-11)5-4-8-14-12;1-12(2,3)11-7-6-9-10(14-11)5-4-8-13-9;1-11(2,3)9-4-5-10-12-6-7-13(10)8-9/h4-9H,1-3H3;4-8H,1-3H3;4-8H,1-3H3. The first-order chi connectivity index (χ1) is 19.2. The molecule has 41 heavy (non-hydrogen) atoms. The van der Waals surface area contributed by atoms with Gasteiger partial charge in [-0.05, 0) is 70.5 Å². The second kappa shape index (κ2) is 11.8. The smallest absolute Gasteiger partial charge is 0.136 e. The summed E-state index contributed by atoms with van der Waals surface area (Å²) >= 11 is 0. The zero-order valence-corrected chi connectivity index (χ0v) is 26.0. The number of imidazole rings is 1. The fourth-order valence-electron chi connectivity index (χ4n) is 4.28. The van der Waals surface area contributed by atoms with E-state index < -0.39 is 0 Å². The Morgan fingerprint density at radius 3 is 1.85 bits per heavy atom. The van der Waals surface area contributed by atoms with Crippen LogP contribution >= 0.6 is 0 Å². The van der Waals surface area contributed by atoms with Gasteiger partial charge in [0.15, 0.2) is 0 Å². The summed E-state index contributed by atoms with van der Waals surface area (Å²) in [5.41, 5.74) is 8.33. The van der Waals surface area contributed by atoms with E-state index in [0.29, 0.717) is 0 Å². The van der Waals surface area contributed by atoms with Gasteiger partial charge >= 0.3 is 0 Å². The molecule has 0 radical (unpaired) electrons. The van der Waals surface area contributed by atoms with Crippen LogP contribution in [0, 0.1) is 0 Å². The molecular formula is C36H43N5. The van der Waals surface area contributed by atoms with Crippen LogP contribution in [0.2, 0.25) is 0 Å². The molecule has 0 atom stereocenters. The summed E-state index contributed by atoms with van der Waals surface area (Å²) in [6, 6.07) is 22.8. The van der Waals surface area contributed by atoms with Crippen LogP contribution in [0.1, 0.15) is 79.1 Å². The molecule has 0 bridgehead atoms. The molecule has 0 fully saturated rings. The molecule has 5 aromatic heterocycles. The molecule has 0 aliphatic rings. The predicted octanol–water partition coefficient (Wildman–Crippen LogP) is 9.09. The molecular weight excluding hydrogens is 502 g/mol. The monoisotopic (exact) mass is 545 g/mol. The molecule has 5 heteroatoms. The van der Waals surface area contributed by atoms with Crippen molar-refractivity contribution in [3.8, 4) is 0 Å². The number of aromatic nitrogens is 5. The van der Waals surface area contributed by atoms with E-state index in [9.17, 15) is 0 Å². The van der Waals surface area contributed by atoms with Crippen LogP contribution in [0.5, 0.6) is 0 Å². The molecule has 0 unspecified atom stereocenters. The summed E-state index contributed by atoms with van der Waals surface area (Å²) in [5.74, 6) is 0. The normalized spacial score (nSPS) is 12.0. The summed E-state index contributed by atoms with van der Waals surface area (Å²) in [7, 11) is 0. The minimum absolute atomic E-state index is 0.101. The first kappa shape index (κ1) is 29.9. The van der Waals surface area contributed by atoms with Gasteiger partial charge in [-0.15, -0.1) is 0 Å². The van der Waals surface area contributed by atoms with Crippen LogP contribution in [0.3, 0.4) is 0 Å². The Bertz CT molecular complexity index is 1650. The molecule has 0 saturated carbocycles. The molecule has 0 amide bonds. The number of hydrogen-bond acceptors (Lipinski definition) is 4. The zero-order chi connectivity index (χ0) is 29.8. The molecule has 1 aromatic carbocycles. The van der Waals surface area contributed by atoms with E-state index in [4.69, 9.17) is 0 Å². The Morgan fingerprint density at radius 1 is 0.537 bits per heavy atom. The Labute approximate surface area is 244 Å². The van der Waals surface area contributed by atoms with Gasteiger partial charge in [0, 0.05) is 47.5 Å². The van der Waals surface area contributed by atoms with Gasteiger partial charge in [-0.3, -0.25) is 15.0 Å². The quantitative estimate of drug-likeness (QED) is 0.191. The lowest BCUT2D eigenvalue weighted by Gasteiger charge is -2.19. The van der Waals surface area contributed by atoms with Crippen molar-refractivity contribution in [3.05, 3.63) is 115 Å². The molecule has 6 rings (SSSR count). The molecule has 0 spiro atoms. The highest BCUT2D eigenvalue weighted by atomic mass is 15.0. The van der Waals surface area contributed by atoms with Crippen molar-refractivity contribution >= 4 is 27.6 Å². The molecule has 0 aliphatic heterocycles. The summed E-state index contributed by atoms with van der Waals surface area (Å²) < 4.78 is 2.06. The number of fused-ring (bicyclic) bond motifs is 3. The van der Waals surface area contributed by atoms with Gasteiger partial charge in [-0.2, -0.15) is 0 Å². The zero-order valence-electron chi connectivity index (χ0n) is 26.0. The van der Waals surface area contributed by atoms with Gasteiger partial charge in [0.25, 0.3) is 0 Å². The molecule has 0 saturated heterocycles. The van der Waals surface area contributed by atoms with Crippen LogP contribution in [0.4, 0.5) is 0 Å². The lowest BCUT2D eigenvalue weighted by molar-refractivity contribution is 0.571. The van der Waals surface area contributed by atoms with Crippen LogP contribution in [0.15, 0.2) is 97.7 Å². The Kier molecular flexibility index (Phi) is 8.58. The van der Waals surface area contributed by atoms with Crippen molar-refractivity contribution in [2.75, 3.05) is 0 Å². The SMILES string of the molecule is CC(C)(C)c1ccc2ncccc2c1.CC(C)(C)c1ccc2ncccc2n1.CC(C)(C)c1ccc2nccn2c1. The first-order valence-electron chi connectivity index (χ1n) is 14.2. The maximum Gasteiger partial charge on any atom is 0.136 e. The van der Waals surface area contributed by atoms with Crippen molar-refractivity contribution in [1.82, 2.24) is 24.3 Å². The highest BCUT2D eigenvalue weighted by Gasteiger charge is 2.16. The van der Waals surface area contributed by atoms with Crippen LogP contribution < -0.4 is 0 Å². The second-order valence-corrected chi connectivity index (χ2v) is 13.5. The molecule has 212 valence electrons. The van der Waals surface area contributed by atoms with Crippen LogP contribution in [-0.4, -0.2) is 24.3 Å². The van der Waals surface area contributed by atoms with E-state index in [2.05, 4.69) is 135 Å². The maximum atomic E-state index is 4.58. The Balaban J connectivity index is 0.000000142. The fourth-order valence-corrected chi connectivity index (χ4v) is 4.28. The Morgan fingerprint density at radius 2 is 1.17 bits per heavy atom. The van der Waals surface area contributed by atoms with Crippen molar-refractivity contribution < 1.29 is 0 Å². The lowest BCUT2D eigenvalue weighted by Crippen LogP contribution is -2.13. The third kappa shape index (κ3) is 7.75. The van der Waals surface area contributed by atoms with E-state index in [1.807, 2.05) is 42.9 Å². The average Bonchev–Trinajstić information content (AvgIpc) is 3.40. The van der Waals surface area contributed by atoms with E-state index in [0.717, 1.165) is 27.9 Å². The summed E-state index contributed by atoms with van der Waals surface area (Å²) in [6.45, 7) is 19.8. The topological polar surface area (TPSA) is 56.0 Å². The van der Waals surface area contributed by atoms with Gasteiger partial charge in [0.1, 0.15) is 5.65 Å². The van der Waals surface area contributed by atoms with Gasteiger partial charge in [-0.25, -0.2) is 4.98 Å². The number of rotatable bonds is 0. The summed E-state index contributed by atoms with van der Waals surface area (Å²) in [6.07, 6.45) is 9.56. The molecule has 5 heterocycles.